The first kappa shape index (κ1) is 29.7. The van der Waals surface area contributed by atoms with Gasteiger partial charge in [0, 0.05) is 61.0 Å². The van der Waals surface area contributed by atoms with Gasteiger partial charge in [0.05, 0.1) is 15.9 Å². The molecule has 0 amide bonds. The van der Waals surface area contributed by atoms with Crippen molar-refractivity contribution in [3.8, 4) is 5.82 Å². The van der Waals surface area contributed by atoms with Gasteiger partial charge in [0.15, 0.2) is 0 Å². The second-order valence-electron chi connectivity index (χ2n) is 10.3. The fraction of sp³-hybridized carbons (Fsp3) is 0.212. The van der Waals surface area contributed by atoms with Gasteiger partial charge in [-0.25, -0.2) is 13.4 Å². The number of rotatable bonds is 6. The summed E-state index contributed by atoms with van der Waals surface area (Å²) in [5.74, 6) is 0.577. The molecular formula is C33H36N4O3S. The Balaban J connectivity index is 0.000000296. The molecule has 7 nitrogen and oxygen atoms in total. The predicted molar refractivity (Wildman–Crippen MR) is 166 cm³/mol. The van der Waals surface area contributed by atoms with Gasteiger partial charge in [0.25, 0.3) is 0 Å². The van der Waals surface area contributed by atoms with Gasteiger partial charge >= 0.3 is 0 Å². The second kappa shape index (κ2) is 12.5. The van der Waals surface area contributed by atoms with E-state index in [1.165, 1.54) is 44.8 Å². The molecule has 8 heteroatoms. The number of aryl methyl sites for hydroxylation is 3. The Hall–Kier alpha value is -4.27. The summed E-state index contributed by atoms with van der Waals surface area (Å²) in [7, 11) is 2.14. The lowest BCUT2D eigenvalue weighted by molar-refractivity contribution is -0.646. The van der Waals surface area contributed by atoms with Crippen LogP contribution in [-0.4, -0.2) is 36.6 Å². The van der Waals surface area contributed by atoms with Crippen LogP contribution >= 0.6 is 0 Å². The van der Waals surface area contributed by atoms with E-state index in [1.807, 2.05) is 12.3 Å². The highest BCUT2D eigenvalue weighted by Gasteiger charge is 2.14. The largest absolute Gasteiger partial charge is 0.748 e. The van der Waals surface area contributed by atoms with Crippen LogP contribution in [0.1, 0.15) is 33.8 Å². The van der Waals surface area contributed by atoms with E-state index < -0.39 is 15.9 Å². The van der Waals surface area contributed by atoms with Gasteiger partial charge < -0.3 is 14.0 Å². The molecule has 0 bridgehead atoms. The molecule has 212 valence electrons. The smallest absolute Gasteiger partial charge is 0.212 e. The molecule has 3 aromatic heterocycles. The number of fused-ring (bicyclic) bond motifs is 1. The van der Waals surface area contributed by atoms with Crippen LogP contribution < -0.4 is 9.47 Å². The Bertz CT molecular complexity index is 1810. The third-order valence-electron chi connectivity index (χ3n) is 6.99. The topological polar surface area (TPSA) is 82.1 Å². The molecule has 0 unspecified atom stereocenters. The summed E-state index contributed by atoms with van der Waals surface area (Å²) >= 11 is 0. The van der Waals surface area contributed by atoms with Crippen LogP contribution in [0.15, 0.2) is 85.1 Å². The molecule has 5 aromatic rings. The lowest BCUT2D eigenvalue weighted by Crippen LogP contribution is -2.32. The van der Waals surface area contributed by atoms with Crippen molar-refractivity contribution in [2.45, 2.75) is 26.5 Å². The summed E-state index contributed by atoms with van der Waals surface area (Å²) in [6, 6.07) is 25.6. The van der Waals surface area contributed by atoms with Crippen LogP contribution in [0.3, 0.4) is 0 Å². The van der Waals surface area contributed by atoms with Gasteiger partial charge in [-0.1, -0.05) is 36.4 Å². The lowest BCUT2D eigenvalue weighted by atomic mass is 10.1. The Morgan fingerprint density at radius 3 is 2.32 bits per heavy atom. The molecule has 2 aromatic carbocycles. The number of nitrogens with zero attached hydrogens (tertiary/aromatic N) is 4. The van der Waals surface area contributed by atoms with E-state index in [9.17, 15) is 13.0 Å². The van der Waals surface area contributed by atoms with Crippen LogP contribution in [0.4, 0.5) is 5.69 Å². The van der Waals surface area contributed by atoms with E-state index in [1.54, 1.807) is 30.3 Å². The van der Waals surface area contributed by atoms with Crippen molar-refractivity contribution in [1.82, 2.24) is 9.55 Å². The molecule has 0 saturated heterocycles. The number of hydrogen-bond donors (Lipinski definition) is 0. The molecular weight excluding hydrogens is 532 g/mol. The molecule has 3 heterocycles. The average Bonchev–Trinajstić information content (AvgIpc) is 3.21. The highest BCUT2D eigenvalue weighted by atomic mass is 32.2. The summed E-state index contributed by atoms with van der Waals surface area (Å²) in [6.45, 7) is 6.40. The van der Waals surface area contributed by atoms with E-state index in [0.717, 1.165) is 5.82 Å². The first-order valence-electron chi connectivity index (χ1n) is 13.3. The number of aromatic nitrogens is 3. The third-order valence-corrected chi connectivity index (χ3v) is 7.68. The molecule has 0 atom stereocenters. The number of hydrogen-bond acceptors (Lipinski definition) is 5. The highest BCUT2D eigenvalue weighted by Crippen LogP contribution is 2.24. The van der Waals surface area contributed by atoms with Crippen LogP contribution in [0.2, 0.25) is 0 Å². The Morgan fingerprint density at radius 2 is 1.66 bits per heavy atom. The van der Waals surface area contributed by atoms with Crippen molar-refractivity contribution >= 4 is 38.9 Å². The van der Waals surface area contributed by atoms with E-state index in [0.29, 0.717) is 5.56 Å². The zero-order valence-corrected chi connectivity index (χ0v) is 25.2. The fourth-order valence-electron chi connectivity index (χ4n) is 4.80. The summed E-state index contributed by atoms with van der Waals surface area (Å²) in [6.07, 6.45) is 6.25. The third kappa shape index (κ3) is 7.28. The maximum absolute atomic E-state index is 10.2. The van der Waals surface area contributed by atoms with Crippen molar-refractivity contribution in [2.24, 2.45) is 7.05 Å². The molecule has 5 rings (SSSR count). The van der Waals surface area contributed by atoms with Gasteiger partial charge in [0.1, 0.15) is 12.9 Å². The number of benzene rings is 2. The van der Waals surface area contributed by atoms with Crippen LogP contribution in [0.5, 0.6) is 0 Å². The van der Waals surface area contributed by atoms with Crippen molar-refractivity contribution in [3.05, 3.63) is 119 Å². The first-order valence-corrected chi connectivity index (χ1v) is 14.9. The maximum Gasteiger partial charge on any atom is 0.212 e. The average molecular weight is 569 g/mol. The van der Waals surface area contributed by atoms with E-state index >= 15 is 0 Å². The lowest BCUT2D eigenvalue weighted by Gasteiger charge is -2.12. The van der Waals surface area contributed by atoms with Crippen molar-refractivity contribution in [2.75, 3.05) is 19.0 Å². The molecule has 0 fully saturated rings. The minimum atomic E-state index is -4.13. The number of pyridine rings is 2. The fourth-order valence-corrected chi connectivity index (χ4v) is 5.40. The quantitative estimate of drug-likeness (QED) is 0.193. The van der Waals surface area contributed by atoms with Gasteiger partial charge in [-0.2, -0.15) is 4.57 Å². The number of anilines is 1. The van der Waals surface area contributed by atoms with E-state index in [4.69, 9.17) is 0 Å². The molecule has 41 heavy (non-hydrogen) atoms. The van der Waals surface area contributed by atoms with Crippen LogP contribution in [0, 0.1) is 20.8 Å². The van der Waals surface area contributed by atoms with Crippen molar-refractivity contribution in [3.63, 3.8) is 0 Å². The summed E-state index contributed by atoms with van der Waals surface area (Å²) < 4.78 is 35.2. The minimum absolute atomic E-state index is 0.423. The molecule has 0 saturated carbocycles. The zero-order chi connectivity index (χ0) is 29.7. The molecule has 0 radical (unpaired) electrons. The Morgan fingerprint density at radius 1 is 0.927 bits per heavy atom. The van der Waals surface area contributed by atoms with Crippen molar-refractivity contribution < 1.29 is 17.5 Å². The van der Waals surface area contributed by atoms with Gasteiger partial charge in [-0.05, 0) is 73.9 Å². The van der Waals surface area contributed by atoms with Crippen LogP contribution in [0.25, 0.3) is 28.9 Å². The Kier molecular flexibility index (Phi) is 9.05. The summed E-state index contributed by atoms with van der Waals surface area (Å²) in [4.78, 5) is 6.73. The molecule has 0 aliphatic rings. The molecule has 0 spiro atoms. The Labute approximate surface area is 242 Å². The van der Waals surface area contributed by atoms with Crippen LogP contribution in [-0.2, 0) is 22.9 Å². The SMILES string of the molecule is Cc1cccnc1-n1c(C)cc(/C=C/c2ccc3cc(N(C)C)ccc3[n+]2C)c1C.O=S(=O)([O-])Cc1ccccc1. The van der Waals surface area contributed by atoms with Gasteiger partial charge in [0.2, 0.25) is 11.2 Å². The molecule has 0 N–H and O–H groups in total. The normalized spacial score (nSPS) is 11.5. The van der Waals surface area contributed by atoms with E-state index in [-0.39, 0.29) is 0 Å². The van der Waals surface area contributed by atoms with E-state index in [2.05, 4.69) is 116 Å². The molecule has 0 aliphatic heterocycles. The first-order chi connectivity index (χ1) is 19.4. The van der Waals surface area contributed by atoms with Crippen molar-refractivity contribution in [1.29, 1.82) is 0 Å². The summed E-state index contributed by atoms with van der Waals surface area (Å²) in [5, 5.41) is 1.24. The second-order valence-corrected chi connectivity index (χ2v) is 11.7. The van der Waals surface area contributed by atoms with Gasteiger partial charge in [-0.15, -0.1) is 0 Å². The van der Waals surface area contributed by atoms with Gasteiger partial charge in [-0.3, -0.25) is 0 Å². The molecule has 0 aliphatic carbocycles. The summed E-state index contributed by atoms with van der Waals surface area (Å²) in [5.41, 5.74) is 8.90. The maximum atomic E-state index is 10.2. The monoisotopic (exact) mass is 568 g/mol. The highest BCUT2D eigenvalue weighted by molar-refractivity contribution is 7.84. The predicted octanol–water partition coefficient (Wildman–Crippen LogP) is 5.74. The standard InChI is InChI=1S/C26H29N4.C7H8O3S/c1-18-8-7-15-27-26(18)30-19(2)16-21(20(30)3)9-11-23-12-10-22-17-24(28(4)5)13-14-25(22)29(23)6;8-11(9,10)6-7-4-2-1-3-5-7/h7-17H,1-6H3;1-5H,6H2,(H,8,9,10)/q+1;/p-1. The minimum Gasteiger partial charge on any atom is -0.748 e. The zero-order valence-electron chi connectivity index (χ0n) is 24.4.